The quantitative estimate of drug-likeness (QED) is 0.821. The Hall–Kier alpha value is -1.39. The lowest BCUT2D eigenvalue weighted by Gasteiger charge is -2.19. The lowest BCUT2D eigenvalue weighted by Crippen LogP contribution is -2.36. The predicted octanol–water partition coefficient (Wildman–Crippen LogP) is 1.44. The summed E-state index contributed by atoms with van der Waals surface area (Å²) < 4.78 is 1.86. The average molecular weight is 233 g/mol. The minimum absolute atomic E-state index is 0.133. The molecule has 2 aromatic rings. The normalized spacial score (nSPS) is 13.4. The van der Waals surface area contributed by atoms with Crippen molar-refractivity contribution in [3.8, 4) is 0 Å². The summed E-state index contributed by atoms with van der Waals surface area (Å²) in [6.07, 6.45) is 3.81. The molecule has 2 N–H and O–H groups in total. The Kier molecular flexibility index (Phi) is 3.76. The van der Waals surface area contributed by atoms with Crippen LogP contribution in [0.2, 0.25) is 0 Å². The molecule has 92 valence electrons. The summed E-state index contributed by atoms with van der Waals surface area (Å²) >= 11 is 0. The standard InChI is InChI=1S/C13H19N3O/c1-10(2)12(9-17)14-7-11-8-15-16-6-4-3-5-13(11)16/h3-6,8,10,12,14,17H,7,9H2,1-2H3/t12-/m1/s1. The van der Waals surface area contributed by atoms with Gasteiger partial charge < -0.3 is 10.4 Å². The third-order valence-corrected chi connectivity index (χ3v) is 3.06. The van der Waals surface area contributed by atoms with E-state index in [1.54, 1.807) is 0 Å². The van der Waals surface area contributed by atoms with E-state index in [9.17, 15) is 5.11 Å². The molecular weight excluding hydrogens is 214 g/mol. The maximum Gasteiger partial charge on any atom is 0.0706 e. The van der Waals surface area contributed by atoms with E-state index >= 15 is 0 Å². The molecule has 2 rings (SSSR count). The van der Waals surface area contributed by atoms with Gasteiger partial charge in [0.25, 0.3) is 0 Å². The Morgan fingerprint density at radius 3 is 2.94 bits per heavy atom. The van der Waals surface area contributed by atoms with Gasteiger partial charge in [-0.25, -0.2) is 4.52 Å². The monoisotopic (exact) mass is 233 g/mol. The van der Waals surface area contributed by atoms with Crippen molar-refractivity contribution in [2.24, 2.45) is 5.92 Å². The Bertz CT molecular complexity index is 478. The average Bonchev–Trinajstić information content (AvgIpc) is 2.73. The number of hydrogen-bond acceptors (Lipinski definition) is 3. The number of nitrogens with one attached hydrogen (secondary N) is 1. The highest BCUT2D eigenvalue weighted by Gasteiger charge is 2.12. The van der Waals surface area contributed by atoms with Crippen LogP contribution >= 0.6 is 0 Å². The first-order valence-electron chi connectivity index (χ1n) is 5.98. The molecule has 0 aliphatic carbocycles. The van der Waals surface area contributed by atoms with Gasteiger partial charge >= 0.3 is 0 Å². The third-order valence-electron chi connectivity index (χ3n) is 3.06. The van der Waals surface area contributed by atoms with Gasteiger partial charge in [0.2, 0.25) is 0 Å². The Morgan fingerprint density at radius 2 is 2.24 bits per heavy atom. The van der Waals surface area contributed by atoms with Gasteiger partial charge in [-0.15, -0.1) is 0 Å². The number of aliphatic hydroxyl groups excluding tert-OH is 1. The molecule has 2 heterocycles. The molecule has 0 radical (unpaired) electrons. The van der Waals surface area contributed by atoms with Crippen LogP contribution in [0.1, 0.15) is 19.4 Å². The fourth-order valence-electron chi connectivity index (χ4n) is 1.88. The van der Waals surface area contributed by atoms with Crippen LogP contribution in [0.15, 0.2) is 30.6 Å². The van der Waals surface area contributed by atoms with Crippen molar-refractivity contribution in [3.63, 3.8) is 0 Å². The lowest BCUT2D eigenvalue weighted by atomic mass is 10.1. The van der Waals surface area contributed by atoms with E-state index in [0.29, 0.717) is 5.92 Å². The van der Waals surface area contributed by atoms with E-state index in [-0.39, 0.29) is 12.6 Å². The van der Waals surface area contributed by atoms with Gasteiger partial charge in [0.15, 0.2) is 0 Å². The number of aromatic nitrogens is 2. The minimum Gasteiger partial charge on any atom is -0.395 e. The summed E-state index contributed by atoms with van der Waals surface area (Å²) in [6.45, 7) is 5.10. The zero-order chi connectivity index (χ0) is 12.3. The summed E-state index contributed by atoms with van der Waals surface area (Å²) in [5.41, 5.74) is 2.27. The van der Waals surface area contributed by atoms with Crippen LogP contribution < -0.4 is 5.32 Å². The zero-order valence-electron chi connectivity index (χ0n) is 10.3. The van der Waals surface area contributed by atoms with Gasteiger partial charge in [0.1, 0.15) is 0 Å². The van der Waals surface area contributed by atoms with E-state index in [2.05, 4.69) is 24.3 Å². The van der Waals surface area contributed by atoms with Crippen LogP contribution in [-0.4, -0.2) is 27.4 Å². The van der Waals surface area contributed by atoms with Crippen molar-refractivity contribution in [2.45, 2.75) is 26.4 Å². The SMILES string of the molecule is CC(C)[C@@H](CO)NCc1cnn2ccccc12. The van der Waals surface area contributed by atoms with Crippen molar-refractivity contribution in [1.82, 2.24) is 14.9 Å². The molecule has 2 aromatic heterocycles. The number of fused-ring (bicyclic) bond motifs is 1. The second-order valence-corrected chi connectivity index (χ2v) is 4.61. The highest BCUT2D eigenvalue weighted by Crippen LogP contribution is 2.10. The summed E-state index contributed by atoms with van der Waals surface area (Å²) in [5, 5.41) is 16.9. The molecule has 0 aromatic carbocycles. The van der Waals surface area contributed by atoms with Crippen LogP contribution in [0.3, 0.4) is 0 Å². The second kappa shape index (κ2) is 5.29. The van der Waals surface area contributed by atoms with Crippen molar-refractivity contribution in [1.29, 1.82) is 0 Å². The van der Waals surface area contributed by atoms with Crippen molar-refractivity contribution < 1.29 is 5.11 Å². The molecule has 0 spiro atoms. The van der Waals surface area contributed by atoms with Crippen LogP contribution in [0.25, 0.3) is 5.52 Å². The van der Waals surface area contributed by atoms with Crippen molar-refractivity contribution in [2.75, 3.05) is 6.61 Å². The molecule has 17 heavy (non-hydrogen) atoms. The van der Waals surface area contributed by atoms with E-state index in [4.69, 9.17) is 0 Å². The van der Waals surface area contributed by atoms with Gasteiger partial charge in [0.05, 0.1) is 18.3 Å². The summed E-state index contributed by atoms with van der Waals surface area (Å²) in [7, 11) is 0. The number of rotatable bonds is 5. The van der Waals surface area contributed by atoms with Crippen LogP contribution in [-0.2, 0) is 6.54 Å². The van der Waals surface area contributed by atoms with E-state index in [1.807, 2.05) is 35.1 Å². The van der Waals surface area contributed by atoms with Gasteiger partial charge in [-0.05, 0) is 18.1 Å². The number of hydrogen-bond donors (Lipinski definition) is 2. The first-order valence-corrected chi connectivity index (χ1v) is 5.98. The number of pyridine rings is 1. The molecule has 0 saturated carbocycles. The molecule has 0 amide bonds. The molecule has 4 heteroatoms. The van der Waals surface area contributed by atoms with E-state index in [0.717, 1.165) is 17.6 Å². The molecule has 4 nitrogen and oxygen atoms in total. The van der Waals surface area contributed by atoms with Gasteiger partial charge in [-0.3, -0.25) is 0 Å². The van der Waals surface area contributed by atoms with Crippen molar-refractivity contribution in [3.05, 3.63) is 36.2 Å². The maximum absolute atomic E-state index is 9.26. The Morgan fingerprint density at radius 1 is 1.41 bits per heavy atom. The fraction of sp³-hybridized carbons (Fsp3) is 0.462. The van der Waals surface area contributed by atoms with Crippen LogP contribution in [0.4, 0.5) is 0 Å². The molecule has 0 aliphatic rings. The first-order chi connectivity index (χ1) is 8.22. The highest BCUT2D eigenvalue weighted by atomic mass is 16.3. The minimum atomic E-state index is 0.133. The molecule has 1 atom stereocenters. The Labute approximate surface area is 101 Å². The predicted molar refractivity (Wildman–Crippen MR) is 67.7 cm³/mol. The van der Waals surface area contributed by atoms with Gasteiger partial charge in [-0.1, -0.05) is 19.9 Å². The summed E-state index contributed by atoms with van der Waals surface area (Å²) in [4.78, 5) is 0. The number of aliphatic hydroxyl groups is 1. The third kappa shape index (κ3) is 2.65. The highest BCUT2D eigenvalue weighted by molar-refractivity contribution is 5.53. The van der Waals surface area contributed by atoms with Gasteiger partial charge in [-0.2, -0.15) is 5.10 Å². The molecular formula is C13H19N3O. The topological polar surface area (TPSA) is 49.6 Å². The first kappa shape index (κ1) is 12.1. The number of nitrogens with zero attached hydrogens (tertiary/aromatic N) is 2. The summed E-state index contributed by atoms with van der Waals surface area (Å²) in [5.74, 6) is 0.418. The molecule has 0 aliphatic heterocycles. The smallest absolute Gasteiger partial charge is 0.0706 e. The Balaban J connectivity index is 2.08. The van der Waals surface area contributed by atoms with E-state index < -0.39 is 0 Å². The fourth-order valence-corrected chi connectivity index (χ4v) is 1.88. The molecule has 0 bridgehead atoms. The molecule has 0 fully saturated rings. The largest absolute Gasteiger partial charge is 0.395 e. The van der Waals surface area contributed by atoms with E-state index in [1.165, 1.54) is 0 Å². The second-order valence-electron chi connectivity index (χ2n) is 4.61. The summed E-state index contributed by atoms with van der Waals surface area (Å²) in [6, 6.07) is 6.15. The van der Waals surface area contributed by atoms with Crippen molar-refractivity contribution >= 4 is 5.52 Å². The molecule has 0 unspecified atom stereocenters. The van der Waals surface area contributed by atoms with Crippen LogP contribution in [0, 0.1) is 5.92 Å². The van der Waals surface area contributed by atoms with Gasteiger partial charge in [0, 0.05) is 24.3 Å². The lowest BCUT2D eigenvalue weighted by molar-refractivity contribution is 0.210. The van der Waals surface area contributed by atoms with Crippen LogP contribution in [0.5, 0.6) is 0 Å². The zero-order valence-corrected chi connectivity index (χ0v) is 10.3. The maximum atomic E-state index is 9.26. The molecule has 0 saturated heterocycles.